The van der Waals surface area contributed by atoms with Gasteiger partial charge in [-0.15, -0.1) is 0 Å². The lowest BCUT2D eigenvalue weighted by atomic mass is 9.80. The number of ether oxygens (including phenoxy) is 1. The van der Waals surface area contributed by atoms with E-state index < -0.39 is 0 Å². The molecule has 0 spiro atoms. The summed E-state index contributed by atoms with van der Waals surface area (Å²) < 4.78 is 5.57. The number of fused-ring (bicyclic) bond motifs is 1. The van der Waals surface area contributed by atoms with E-state index in [2.05, 4.69) is 42.5 Å². The van der Waals surface area contributed by atoms with Crippen LogP contribution in [0.2, 0.25) is 0 Å². The van der Waals surface area contributed by atoms with Crippen molar-refractivity contribution in [1.82, 2.24) is 0 Å². The van der Waals surface area contributed by atoms with Crippen LogP contribution in [-0.4, -0.2) is 12.1 Å². The topological polar surface area (TPSA) is 26.3 Å². The molecule has 1 fully saturated rings. The third-order valence-electron chi connectivity index (χ3n) is 4.24. The first kappa shape index (κ1) is 13.2. The quantitative estimate of drug-likeness (QED) is 0.753. The predicted octanol–water partition coefficient (Wildman–Crippen LogP) is 4.43. The molecule has 0 radical (unpaired) electrons. The van der Waals surface area contributed by atoms with E-state index in [-0.39, 0.29) is 12.1 Å². The fourth-order valence-corrected chi connectivity index (χ4v) is 3.38. The molecule has 20 heavy (non-hydrogen) atoms. The Labute approximate surface area is 119 Å². The molecule has 0 aromatic heterocycles. The molecule has 1 aliphatic rings. The summed E-state index contributed by atoms with van der Waals surface area (Å²) in [7, 11) is 0. The van der Waals surface area contributed by atoms with E-state index >= 15 is 0 Å². The molecule has 1 aliphatic carbocycles. The normalized spacial score (nSPS) is 22.6. The predicted molar refractivity (Wildman–Crippen MR) is 80.7 cm³/mol. The fourth-order valence-electron chi connectivity index (χ4n) is 3.38. The first-order valence-electron chi connectivity index (χ1n) is 7.40. The lowest BCUT2D eigenvalue weighted by molar-refractivity contribution is -0.148. The van der Waals surface area contributed by atoms with E-state index in [0.29, 0.717) is 5.92 Å². The van der Waals surface area contributed by atoms with Crippen LogP contribution in [0.1, 0.15) is 44.1 Å². The van der Waals surface area contributed by atoms with Crippen molar-refractivity contribution in [2.45, 2.75) is 44.6 Å². The third kappa shape index (κ3) is 2.55. The molecule has 3 rings (SSSR count). The molecule has 2 aromatic carbocycles. The molecule has 2 heteroatoms. The zero-order chi connectivity index (χ0) is 13.9. The Morgan fingerprint density at radius 1 is 1.05 bits per heavy atom. The van der Waals surface area contributed by atoms with Crippen LogP contribution in [0.5, 0.6) is 0 Å². The molecular weight excluding hydrogens is 248 g/mol. The summed E-state index contributed by atoms with van der Waals surface area (Å²) in [6.45, 7) is 1.51. The van der Waals surface area contributed by atoms with Crippen LogP contribution >= 0.6 is 0 Å². The van der Waals surface area contributed by atoms with Crippen molar-refractivity contribution < 1.29 is 9.53 Å². The first-order chi connectivity index (χ1) is 9.75. The minimum absolute atomic E-state index is 0.0343. The number of carbonyl (C=O) groups is 1. The second kappa shape index (κ2) is 5.66. The lowest BCUT2D eigenvalue weighted by Crippen LogP contribution is -2.28. The van der Waals surface area contributed by atoms with E-state index in [4.69, 9.17) is 4.74 Å². The number of carbonyl (C=O) groups excluding carboxylic acids is 1. The highest BCUT2D eigenvalue weighted by Crippen LogP contribution is 2.38. The van der Waals surface area contributed by atoms with Gasteiger partial charge >= 0.3 is 5.97 Å². The highest BCUT2D eigenvalue weighted by Gasteiger charge is 2.29. The number of benzene rings is 2. The summed E-state index contributed by atoms with van der Waals surface area (Å²) in [5, 5.41) is 2.55. The van der Waals surface area contributed by atoms with Gasteiger partial charge in [0.2, 0.25) is 0 Å². The molecule has 104 valence electrons. The average molecular weight is 268 g/mol. The van der Waals surface area contributed by atoms with Crippen molar-refractivity contribution in [2.24, 2.45) is 0 Å². The average Bonchev–Trinajstić information content (AvgIpc) is 2.47. The van der Waals surface area contributed by atoms with Gasteiger partial charge in [-0.25, -0.2) is 0 Å². The third-order valence-corrected chi connectivity index (χ3v) is 4.24. The Bertz CT molecular complexity index is 612. The Kier molecular flexibility index (Phi) is 3.72. The molecule has 2 aromatic rings. The van der Waals surface area contributed by atoms with Gasteiger partial charge in [-0.2, -0.15) is 0 Å². The van der Waals surface area contributed by atoms with Crippen LogP contribution in [0, 0.1) is 0 Å². The maximum atomic E-state index is 11.3. The van der Waals surface area contributed by atoms with E-state index in [9.17, 15) is 4.79 Å². The standard InChI is InChI=1S/C18H20O2/c1-13(19)20-18-12-5-4-10-17(18)16-11-6-8-14-7-2-3-9-15(14)16/h2-3,6-9,11,17-18H,4-5,10,12H2,1H3/t17-,18-/m0/s1. The Balaban J connectivity index is 2.01. The SMILES string of the molecule is CC(=O)O[C@H]1CCCC[C@H]1c1cccc2ccccc12. The van der Waals surface area contributed by atoms with Crippen molar-refractivity contribution in [1.29, 1.82) is 0 Å². The highest BCUT2D eigenvalue weighted by molar-refractivity contribution is 5.86. The Morgan fingerprint density at radius 3 is 2.65 bits per heavy atom. The van der Waals surface area contributed by atoms with Gasteiger partial charge in [0.15, 0.2) is 0 Å². The first-order valence-corrected chi connectivity index (χ1v) is 7.40. The molecule has 1 saturated carbocycles. The van der Waals surface area contributed by atoms with Crippen LogP contribution in [0.15, 0.2) is 42.5 Å². The zero-order valence-electron chi connectivity index (χ0n) is 11.8. The Morgan fingerprint density at radius 2 is 1.80 bits per heavy atom. The fraction of sp³-hybridized carbons (Fsp3) is 0.389. The van der Waals surface area contributed by atoms with Gasteiger partial charge in [-0.05, 0) is 35.6 Å². The monoisotopic (exact) mass is 268 g/mol. The maximum Gasteiger partial charge on any atom is 0.302 e. The van der Waals surface area contributed by atoms with Gasteiger partial charge in [-0.3, -0.25) is 4.79 Å². The zero-order valence-corrected chi connectivity index (χ0v) is 11.8. The van der Waals surface area contributed by atoms with Crippen LogP contribution in [0.25, 0.3) is 10.8 Å². The number of hydrogen-bond acceptors (Lipinski definition) is 2. The number of hydrogen-bond donors (Lipinski definition) is 0. The van der Waals surface area contributed by atoms with E-state index in [1.165, 1.54) is 29.7 Å². The number of esters is 1. The smallest absolute Gasteiger partial charge is 0.302 e. The van der Waals surface area contributed by atoms with Crippen LogP contribution in [0.3, 0.4) is 0 Å². The lowest BCUT2D eigenvalue weighted by Gasteiger charge is -2.32. The summed E-state index contributed by atoms with van der Waals surface area (Å²) in [6.07, 6.45) is 4.48. The summed E-state index contributed by atoms with van der Waals surface area (Å²) >= 11 is 0. The molecule has 0 amide bonds. The van der Waals surface area contributed by atoms with Crippen LogP contribution in [0.4, 0.5) is 0 Å². The molecule has 2 atom stereocenters. The summed E-state index contributed by atoms with van der Waals surface area (Å²) in [5.74, 6) is 0.167. The highest BCUT2D eigenvalue weighted by atomic mass is 16.5. The van der Waals surface area contributed by atoms with Crippen LogP contribution in [-0.2, 0) is 9.53 Å². The van der Waals surface area contributed by atoms with Crippen molar-refractivity contribution in [2.75, 3.05) is 0 Å². The van der Waals surface area contributed by atoms with Gasteiger partial charge in [0.1, 0.15) is 6.10 Å². The Hall–Kier alpha value is -1.83. The second-order valence-electron chi connectivity index (χ2n) is 5.61. The van der Waals surface area contributed by atoms with Crippen LogP contribution < -0.4 is 0 Å². The molecular formula is C18H20O2. The summed E-state index contributed by atoms with van der Waals surface area (Å²) in [5.41, 5.74) is 1.33. The minimum atomic E-state index is -0.165. The van der Waals surface area contributed by atoms with Gasteiger partial charge in [-0.1, -0.05) is 48.9 Å². The van der Waals surface area contributed by atoms with Crippen molar-refractivity contribution >= 4 is 16.7 Å². The van der Waals surface area contributed by atoms with Crippen molar-refractivity contribution in [3.63, 3.8) is 0 Å². The minimum Gasteiger partial charge on any atom is -0.462 e. The van der Waals surface area contributed by atoms with Crippen molar-refractivity contribution in [3.05, 3.63) is 48.0 Å². The molecule has 0 heterocycles. The maximum absolute atomic E-state index is 11.3. The van der Waals surface area contributed by atoms with E-state index in [0.717, 1.165) is 19.3 Å². The molecule has 0 saturated heterocycles. The van der Waals surface area contributed by atoms with E-state index in [1.807, 2.05) is 0 Å². The largest absolute Gasteiger partial charge is 0.462 e. The van der Waals surface area contributed by atoms with Gasteiger partial charge < -0.3 is 4.74 Å². The summed E-state index contributed by atoms with van der Waals surface area (Å²) in [6, 6.07) is 14.9. The van der Waals surface area contributed by atoms with Crippen molar-refractivity contribution in [3.8, 4) is 0 Å². The molecule has 0 bridgehead atoms. The van der Waals surface area contributed by atoms with E-state index in [1.54, 1.807) is 0 Å². The molecule has 0 unspecified atom stereocenters. The summed E-state index contributed by atoms with van der Waals surface area (Å²) in [4.78, 5) is 11.3. The second-order valence-corrected chi connectivity index (χ2v) is 5.61. The molecule has 2 nitrogen and oxygen atoms in total. The molecule has 0 N–H and O–H groups in total. The number of rotatable bonds is 2. The van der Waals surface area contributed by atoms with Gasteiger partial charge in [0.25, 0.3) is 0 Å². The van der Waals surface area contributed by atoms with Gasteiger partial charge in [0, 0.05) is 12.8 Å². The molecule has 0 aliphatic heterocycles. The van der Waals surface area contributed by atoms with Gasteiger partial charge in [0.05, 0.1) is 0 Å².